The van der Waals surface area contributed by atoms with Gasteiger partial charge in [-0.3, -0.25) is 4.79 Å². The van der Waals surface area contributed by atoms with Crippen molar-refractivity contribution in [3.05, 3.63) is 54.4 Å². The predicted molar refractivity (Wildman–Crippen MR) is 82.2 cm³/mol. The quantitative estimate of drug-likeness (QED) is 0.854. The molecule has 20 heavy (non-hydrogen) atoms. The fourth-order valence-electron chi connectivity index (χ4n) is 2.21. The average molecular weight is 270 g/mol. The monoisotopic (exact) mass is 270 g/mol. The molecule has 0 atom stereocenters. The van der Waals surface area contributed by atoms with Crippen molar-refractivity contribution in [1.82, 2.24) is 9.88 Å². The molecule has 3 heteroatoms. The van der Waals surface area contributed by atoms with Crippen LogP contribution in [0, 0.1) is 5.92 Å². The molecule has 1 amide bonds. The van der Waals surface area contributed by atoms with E-state index in [2.05, 4.69) is 19.2 Å². The summed E-state index contributed by atoms with van der Waals surface area (Å²) in [5, 5.41) is 3.01. The molecule has 0 bridgehead atoms. The first-order chi connectivity index (χ1) is 9.74. The number of carbonyl (C=O) groups excluding carboxylic acids is 1. The van der Waals surface area contributed by atoms with Crippen LogP contribution in [-0.2, 0) is 0 Å². The van der Waals surface area contributed by atoms with Gasteiger partial charge in [-0.1, -0.05) is 26.7 Å². The van der Waals surface area contributed by atoms with Gasteiger partial charge in [0.15, 0.2) is 0 Å². The summed E-state index contributed by atoms with van der Waals surface area (Å²) in [6.07, 6.45) is 6.18. The van der Waals surface area contributed by atoms with Crippen molar-refractivity contribution in [2.24, 2.45) is 5.92 Å². The van der Waals surface area contributed by atoms with Gasteiger partial charge >= 0.3 is 0 Å². The Morgan fingerprint density at radius 2 is 1.70 bits per heavy atom. The summed E-state index contributed by atoms with van der Waals surface area (Å²) in [5.41, 5.74) is 1.78. The molecule has 0 saturated carbocycles. The lowest BCUT2D eigenvalue weighted by molar-refractivity contribution is 0.0946. The van der Waals surface area contributed by atoms with E-state index in [0.717, 1.165) is 25.1 Å². The fourth-order valence-corrected chi connectivity index (χ4v) is 2.21. The number of hydrogen-bond donors (Lipinski definition) is 1. The van der Waals surface area contributed by atoms with Crippen LogP contribution in [0.15, 0.2) is 48.8 Å². The zero-order valence-electron chi connectivity index (χ0n) is 12.2. The Hall–Kier alpha value is -2.03. The Morgan fingerprint density at radius 1 is 1.10 bits per heavy atom. The summed E-state index contributed by atoms with van der Waals surface area (Å²) >= 11 is 0. The minimum Gasteiger partial charge on any atom is -0.352 e. The molecule has 2 rings (SSSR count). The van der Waals surface area contributed by atoms with Gasteiger partial charge in [0.05, 0.1) is 0 Å². The van der Waals surface area contributed by atoms with Crippen molar-refractivity contribution in [2.45, 2.75) is 26.7 Å². The topological polar surface area (TPSA) is 34.0 Å². The Labute approximate surface area is 120 Å². The number of nitrogens with zero attached hydrogens (tertiary/aromatic N) is 1. The molecule has 0 fully saturated rings. The van der Waals surface area contributed by atoms with Crippen LogP contribution in [0.5, 0.6) is 0 Å². The second-order valence-corrected chi connectivity index (χ2v) is 5.03. The number of benzene rings is 1. The van der Waals surface area contributed by atoms with Gasteiger partial charge in [0.1, 0.15) is 0 Å². The van der Waals surface area contributed by atoms with Crippen LogP contribution in [0.25, 0.3) is 5.69 Å². The van der Waals surface area contributed by atoms with E-state index in [-0.39, 0.29) is 5.91 Å². The number of aromatic nitrogens is 1. The van der Waals surface area contributed by atoms with Crippen molar-refractivity contribution in [3.63, 3.8) is 0 Å². The second-order valence-electron chi connectivity index (χ2n) is 5.03. The molecule has 1 N–H and O–H groups in total. The Balaban J connectivity index is 1.97. The Morgan fingerprint density at radius 3 is 2.25 bits per heavy atom. The molecule has 3 nitrogen and oxygen atoms in total. The maximum Gasteiger partial charge on any atom is 0.251 e. The smallest absolute Gasteiger partial charge is 0.251 e. The number of hydrogen-bond acceptors (Lipinski definition) is 1. The van der Waals surface area contributed by atoms with E-state index in [4.69, 9.17) is 0 Å². The summed E-state index contributed by atoms with van der Waals surface area (Å²) in [6.45, 7) is 5.07. The van der Waals surface area contributed by atoms with Crippen molar-refractivity contribution >= 4 is 5.91 Å². The van der Waals surface area contributed by atoms with Gasteiger partial charge in [-0.25, -0.2) is 0 Å². The third-order valence-electron chi connectivity index (χ3n) is 3.74. The lowest BCUT2D eigenvalue weighted by atomic mass is 10.0. The molecule has 0 aliphatic rings. The summed E-state index contributed by atoms with van der Waals surface area (Å²) in [6, 6.07) is 11.6. The summed E-state index contributed by atoms with van der Waals surface area (Å²) in [7, 11) is 0. The van der Waals surface area contributed by atoms with Crippen molar-refractivity contribution in [2.75, 3.05) is 6.54 Å². The maximum absolute atomic E-state index is 12.1. The molecule has 0 unspecified atom stereocenters. The van der Waals surface area contributed by atoms with E-state index in [0.29, 0.717) is 11.5 Å². The summed E-state index contributed by atoms with van der Waals surface area (Å²) in [4.78, 5) is 12.1. The molecule has 0 radical (unpaired) electrons. The van der Waals surface area contributed by atoms with Gasteiger partial charge in [0.25, 0.3) is 5.91 Å². The van der Waals surface area contributed by atoms with Gasteiger partial charge in [-0.05, 0) is 42.3 Å². The zero-order valence-corrected chi connectivity index (χ0v) is 12.2. The van der Waals surface area contributed by atoms with Crippen LogP contribution in [0.1, 0.15) is 37.0 Å². The lowest BCUT2D eigenvalue weighted by Gasteiger charge is -2.13. The Bertz CT molecular complexity index is 525. The highest BCUT2D eigenvalue weighted by atomic mass is 16.1. The van der Waals surface area contributed by atoms with E-state index in [1.54, 1.807) is 0 Å². The highest BCUT2D eigenvalue weighted by Crippen LogP contribution is 2.11. The van der Waals surface area contributed by atoms with E-state index in [1.807, 2.05) is 53.4 Å². The number of nitrogens with one attached hydrogen (secondary N) is 1. The number of amides is 1. The molecule has 0 saturated heterocycles. The van der Waals surface area contributed by atoms with E-state index in [9.17, 15) is 4.79 Å². The summed E-state index contributed by atoms with van der Waals surface area (Å²) in [5.74, 6) is 0.578. The van der Waals surface area contributed by atoms with Crippen LogP contribution in [-0.4, -0.2) is 17.0 Å². The first kappa shape index (κ1) is 14.4. The summed E-state index contributed by atoms with van der Waals surface area (Å²) < 4.78 is 2.02. The van der Waals surface area contributed by atoms with Crippen molar-refractivity contribution in [3.8, 4) is 5.69 Å². The van der Waals surface area contributed by atoms with Crippen LogP contribution < -0.4 is 5.32 Å². The fraction of sp³-hybridized carbons (Fsp3) is 0.353. The molecule has 106 valence electrons. The van der Waals surface area contributed by atoms with Gasteiger partial charge in [0.2, 0.25) is 0 Å². The lowest BCUT2D eigenvalue weighted by Crippen LogP contribution is -2.28. The first-order valence-electron chi connectivity index (χ1n) is 7.26. The molecule has 0 aliphatic carbocycles. The van der Waals surface area contributed by atoms with Crippen LogP contribution in [0.2, 0.25) is 0 Å². The highest BCUT2D eigenvalue weighted by molar-refractivity contribution is 5.94. The third-order valence-corrected chi connectivity index (χ3v) is 3.74. The molecular weight excluding hydrogens is 248 g/mol. The minimum atomic E-state index is 0.0101. The van der Waals surface area contributed by atoms with Gasteiger partial charge in [-0.2, -0.15) is 0 Å². The standard InChI is InChI=1S/C17H22N2O/c1-3-14(4-2)13-18-17(20)15-7-9-16(10-8-15)19-11-5-6-12-19/h5-12,14H,3-4,13H2,1-2H3,(H,18,20). The normalized spacial score (nSPS) is 10.8. The van der Waals surface area contributed by atoms with Crippen molar-refractivity contribution in [1.29, 1.82) is 0 Å². The molecule has 1 aromatic carbocycles. The highest BCUT2D eigenvalue weighted by Gasteiger charge is 2.08. The zero-order chi connectivity index (χ0) is 14.4. The Kier molecular flexibility index (Phi) is 4.99. The van der Waals surface area contributed by atoms with Crippen LogP contribution in [0.3, 0.4) is 0 Å². The molecule has 2 aromatic rings. The van der Waals surface area contributed by atoms with Gasteiger partial charge < -0.3 is 9.88 Å². The van der Waals surface area contributed by atoms with Crippen LogP contribution >= 0.6 is 0 Å². The number of carbonyl (C=O) groups is 1. The average Bonchev–Trinajstić information content (AvgIpc) is 3.02. The van der Waals surface area contributed by atoms with E-state index < -0.39 is 0 Å². The maximum atomic E-state index is 12.1. The van der Waals surface area contributed by atoms with Gasteiger partial charge in [0, 0.05) is 30.2 Å². The molecule has 0 aliphatic heterocycles. The van der Waals surface area contributed by atoms with E-state index >= 15 is 0 Å². The second kappa shape index (κ2) is 6.94. The number of rotatable bonds is 6. The predicted octanol–water partition coefficient (Wildman–Crippen LogP) is 3.64. The molecule has 0 spiro atoms. The SMILES string of the molecule is CCC(CC)CNC(=O)c1ccc(-n2cccc2)cc1. The van der Waals surface area contributed by atoms with Crippen molar-refractivity contribution < 1.29 is 4.79 Å². The first-order valence-corrected chi connectivity index (χ1v) is 7.26. The van der Waals surface area contributed by atoms with Crippen LogP contribution in [0.4, 0.5) is 0 Å². The molecular formula is C17H22N2O. The third kappa shape index (κ3) is 3.50. The minimum absolute atomic E-state index is 0.0101. The van der Waals surface area contributed by atoms with E-state index in [1.165, 1.54) is 0 Å². The molecule has 1 aromatic heterocycles. The molecule has 1 heterocycles. The van der Waals surface area contributed by atoms with Gasteiger partial charge in [-0.15, -0.1) is 0 Å². The largest absolute Gasteiger partial charge is 0.352 e.